The van der Waals surface area contributed by atoms with Crippen LogP contribution >= 0.6 is 0 Å². The Kier molecular flexibility index (Phi) is 3.47. The zero-order valence-corrected chi connectivity index (χ0v) is 11.9. The lowest BCUT2D eigenvalue weighted by Crippen LogP contribution is -2.56. The number of carbonyl (C=O) groups is 2. The number of piperidine rings is 1. The molecule has 6 nitrogen and oxygen atoms in total. The third-order valence-corrected chi connectivity index (χ3v) is 3.76. The summed E-state index contributed by atoms with van der Waals surface area (Å²) in [6.45, 7) is 5.39. The average Bonchev–Trinajstić information content (AvgIpc) is 2.81. The molecule has 1 saturated carbocycles. The van der Waals surface area contributed by atoms with E-state index in [0.29, 0.717) is 0 Å². The molecule has 0 aromatic rings. The molecule has 0 spiro atoms. The Morgan fingerprint density at radius 2 is 1.89 bits per heavy atom. The van der Waals surface area contributed by atoms with Gasteiger partial charge in [0, 0.05) is 6.04 Å². The molecule has 2 N–H and O–H groups in total. The number of esters is 1. The SMILES string of the molecule is COC(=O)[C@@H]1[C@@H]2C[C@@H](N)[C@@H](C2)N1C(=O)OC(C)(C)C. The van der Waals surface area contributed by atoms with E-state index in [1.54, 1.807) is 20.8 Å². The minimum Gasteiger partial charge on any atom is -0.467 e. The first-order valence-corrected chi connectivity index (χ1v) is 6.59. The number of carbonyl (C=O) groups excluding carboxylic acids is 2. The molecule has 2 aliphatic rings. The van der Waals surface area contributed by atoms with Gasteiger partial charge in [-0.3, -0.25) is 4.90 Å². The van der Waals surface area contributed by atoms with E-state index >= 15 is 0 Å². The van der Waals surface area contributed by atoms with E-state index in [-0.39, 0.29) is 24.0 Å². The lowest BCUT2D eigenvalue weighted by atomic mass is 9.97. The Labute approximate surface area is 113 Å². The van der Waals surface area contributed by atoms with E-state index in [1.807, 2.05) is 0 Å². The third-order valence-electron chi connectivity index (χ3n) is 3.76. The van der Waals surface area contributed by atoms with Crippen LogP contribution in [0.4, 0.5) is 4.79 Å². The van der Waals surface area contributed by atoms with Gasteiger partial charge >= 0.3 is 12.1 Å². The summed E-state index contributed by atoms with van der Waals surface area (Å²) in [6, 6.07) is -0.757. The largest absolute Gasteiger partial charge is 0.467 e. The van der Waals surface area contributed by atoms with E-state index in [0.717, 1.165) is 12.8 Å². The van der Waals surface area contributed by atoms with Gasteiger partial charge in [-0.25, -0.2) is 9.59 Å². The molecule has 1 saturated heterocycles. The Morgan fingerprint density at radius 1 is 1.26 bits per heavy atom. The fourth-order valence-electron chi connectivity index (χ4n) is 3.09. The first-order valence-electron chi connectivity index (χ1n) is 6.59. The van der Waals surface area contributed by atoms with Gasteiger partial charge in [0.05, 0.1) is 13.2 Å². The zero-order chi connectivity index (χ0) is 14.4. The fourth-order valence-corrected chi connectivity index (χ4v) is 3.09. The number of hydrogen-bond acceptors (Lipinski definition) is 5. The highest BCUT2D eigenvalue weighted by molar-refractivity contribution is 5.83. The number of hydrogen-bond donors (Lipinski definition) is 1. The molecule has 1 amide bonds. The van der Waals surface area contributed by atoms with Gasteiger partial charge in [-0.1, -0.05) is 0 Å². The topological polar surface area (TPSA) is 81.9 Å². The van der Waals surface area contributed by atoms with Crippen LogP contribution in [0.15, 0.2) is 0 Å². The number of nitrogens with two attached hydrogens (primary N) is 1. The molecule has 0 aromatic heterocycles. The average molecular weight is 270 g/mol. The predicted molar refractivity (Wildman–Crippen MR) is 68.4 cm³/mol. The molecular weight excluding hydrogens is 248 g/mol. The number of rotatable bonds is 1. The molecule has 1 aliphatic carbocycles. The summed E-state index contributed by atoms with van der Waals surface area (Å²) in [5.74, 6) is -0.301. The van der Waals surface area contributed by atoms with Crippen LogP contribution in [-0.4, -0.2) is 47.8 Å². The highest BCUT2D eigenvalue weighted by Gasteiger charge is 2.56. The predicted octanol–water partition coefficient (Wildman–Crippen LogP) is 0.885. The molecule has 2 fully saturated rings. The molecule has 4 atom stereocenters. The monoisotopic (exact) mass is 270 g/mol. The molecule has 2 rings (SSSR count). The first-order chi connectivity index (χ1) is 8.74. The maximum atomic E-state index is 12.3. The van der Waals surface area contributed by atoms with E-state index in [9.17, 15) is 9.59 Å². The number of amides is 1. The molecule has 0 unspecified atom stereocenters. The molecule has 6 heteroatoms. The van der Waals surface area contributed by atoms with Crippen molar-refractivity contribution in [3.8, 4) is 0 Å². The standard InChI is InChI=1S/C13H22N2O4/c1-13(2,3)19-12(17)15-9-6-7(5-8(9)14)10(15)11(16)18-4/h7-10H,5-6,14H2,1-4H3/t7-,8-,9-,10+/m1/s1. The normalized spacial score (nSPS) is 33.4. The maximum absolute atomic E-state index is 12.3. The summed E-state index contributed by atoms with van der Waals surface area (Å²) in [5.41, 5.74) is 5.42. The Morgan fingerprint density at radius 3 is 2.42 bits per heavy atom. The summed E-state index contributed by atoms with van der Waals surface area (Å²) in [7, 11) is 1.33. The second-order valence-electron chi connectivity index (χ2n) is 6.32. The third kappa shape index (κ3) is 2.54. The van der Waals surface area contributed by atoms with E-state index in [2.05, 4.69) is 0 Å². The van der Waals surface area contributed by atoms with Crippen LogP contribution < -0.4 is 5.73 Å². The first kappa shape index (κ1) is 14.1. The fraction of sp³-hybridized carbons (Fsp3) is 0.846. The van der Waals surface area contributed by atoms with Gasteiger partial charge in [0.1, 0.15) is 11.6 Å². The van der Waals surface area contributed by atoms with E-state index in [1.165, 1.54) is 12.0 Å². The molecule has 0 aromatic carbocycles. The second kappa shape index (κ2) is 4.67. The highest BCUT2D eigenvalue weighted by atomic mass is 16.6. The van der Waals surface area contributed by atoms with Gasteiger partial charge in [0.25, 0.3) is 0 Å². The number of nitrogens with zero attached hydrogens (tertiary/aromatic N) is 1. The summed E-state index contributed by atoms with van der Waals surface area (Å²) >= 11 is 0. The Hall–Kier alpha value is -1.30. The minimum atomic E-state index is -0.594. The van der Waals surface area contributed by atoms with E-state index in [4.69, 9.17) is 15.2 Å². The van der Waals surface area contributed by atoms with Crippen molar-refractivity contribution in [3.63, 3.8) is 0 Å². The van der Waals surface area contributed by atoms with Crippen LogP contribution in [0.25, 0.3) is 0 Å². The van der Waals surface area contributed by atoms with Crippen molar-refractivity contribution in [1.29, 1.82) is 0 Å². The molecule has 2 bridgehead atoms. The lowest BCUT2D eigenvalue weighted by molar-refractivity contribution is -0.148. The van der Waals surface area contributed by atoms with Crippen LogP contribution in [0.2, 0.25) is 0 Å². The number of ether oxygens (including phenoxy) is 2. The van der Waals surface area contributed by atoms with Crippen LogP contribution in [0.1, 0.15) is 33.6 Å². The van der Waals surface area contributed by atoms with Crippen LogP contribution in [-0.2, 0) is 14.3 Å². The second-order valence-corrected chi connectivity index (χ2v) is 6.32. The lowest BCUT2D eigenvalue weighted by Gasteiger charge is -2.37. The minimum absolute atomic E-state index is 0.0833. The van der Waals surface area contributed by atoms with Gasteiger partial charge in [-0.15, -0.1) is 0 Å². The van der Waals surface area contributed by atoms with Crippen molar-refractivity contribution in [3.05, 3.63) is 0 Å². The molecular formula is C13H22N2O4. The van der Waals surface area contributed by atoms with Crippen molar-refractivity contribution in [1.82, 2.24) is 4.90 Å². The zero-order valence-electron chi connectivity index (χ0n) is 11.9. The van der Waals surface area contributed by atoms with Gasteiger partial charge in [0.15, 0.2) is 0 Å². The quantitative estimate of drug-likeness (QED) is 0.715. The maximum Gasteiger partial charge on any atom is 0.411 e. The van der Waals surface area contributed by atoms with Crippen molar-refractivity contribution < 1.29 is 19.1 Å². The summed E-state index contributed by atoms with van der Waals surface area (Å²) in [4.78, 5) is 25.6. The molecule has 0 radical (unpaired) electrons. The van der Waals surface area contributed by atoms with Crippen LogP contribution in [0.5, 0.6) is 0 Å². The molecule has 19 heavy (non-hydrogen) atoms. The Bertz CT molecular complexity index is 391. The number of fused-ring (bicyclic) bond motifs is 2. The summed E-state index contributed by atoms with van der Waals surface area (Å²) in [6.07, 6.45) is 1.02. The van der Waals surface area contributed by atoms with Crippen LogP contribution in [0, 0.1) is 5.92 Å². The van der Waals surface area contributed by atoms with Crippen molar-refractivity contribution in [2.24, 2.45) is 11.7 Å². The van der Waals surface area contributed by atoms with Gasteiger partial charge in [-0.05, 0) is 39.5 Å². The van der Waals surface area contributed by atoms with Crippen LogP contribution in [0.3, 0.4) is 0 Å². The van der Waals surface area contributed by atoms with Crippen molar-refractivity contribution >= 4 is 12.1 Å². The van der Waals surface area contributed by atoms with Gasteiger partial charge < -0.3 is 15.2 Å². The highest BCUT2D eigenvalue weighted by Crippen LogP contribution is 2.42. The molecule has 1 aliphatic heterocycles. The Balaban J connectivity index is 2.20. The smallest absolute Gasteiger partial charge is 0.411 e. The van der Waals surface area contributed by atoms with Crippen molar-refractivity contribution in [2.75, 3.05) is 7.11 Å². The summed E-state index contributed by atoms with van der Waals surface area (Å²) in [5, 5.41) is 0. The molecule has 1 heterocycles. The number of methoxy groups -OCH3 is 1. The van der Waals surface area contributed by atoms with E-state index < -0.39 is 17.7 Å². The molecule has 108 valence electrons. The van der Waals surface area contributed by atoms with Gasteiger partial charge in [0.2, 0.25) is 0 Å². The van der Waals surface area contributed by atoms with Crippen molar-refractivity contribution in [2.45, 2.75) is 57.3 Å². The van der Waals surface area contributed by atoms with Gasteiger partial charge in [-0.2, -0.15) is 0 Å². The number of likely N-dealkylation sites (tertiary alicyclic amines) is 1. The summed E-state index contributed by atoms with van der Waals surface area (Å²) < 4.78 is 10.2.